The third-order valence-corrected chi connectivity index (χ3v) is 5.86. The summed E-state index contributed by atoms with van der Waals surface area (Å²) in [7, 11) is 0. The van der Waals surface area contributed by atoms with Gasteiger partial charge < -0.3 is 10.4 Å². The van der Waals surface area contributed by atoms with Crippen molar-refractivity contribution in [1.82, 2.24) is 14.4 Å². The van der Waals surface area contributed by atoms with Crippen LogP contribution in [-0.4, -0.2) is 38.4 Å². The summed E-state index contributed by atoms with van der Waals surface area (Å²) in [6, 6.07) is 17.8. The van der Waals surface area contributed by atoms with Crippen LogP contribution in [0.5, 0.6) is 0 Å². The van der Waals surface area contributed by atoms with Crippen molar-refractivity contribution in [3.8, 4) is 22.5 Å². The Morgan fingerprint density at radius 3 is 2.52 bits per heavy atom. The second-order valence-electron chi connectivity index (χ2n) is 8.33. The maximum absolute atomic E-state index is 12.4. The Kier molecular flexibility index (Phi) is 6.84. The normalized spacial score (nSPS) is 13.0. The van der Waals surface area contributed by atoms with E-state index in [1.54, 1.807) is 0 Å². The van der Waals surface area contributed by atoms with E-state index < -0.39 is 0 Å². The minimum Gasteiger partial charge on any atom is -0.396 e. The van der Waals surface area contributed by atoms with Crippen LogP contribution in [0.2, 0.25) is 0 Å². The van der Waals surface area contributed by atoms with Gasteiger partial charge in [-0.2, -0.15) is 0 Å². The summed E-state index contributed by atoms with van der Waals surface area (Å²) in [4.78, 5) is 21.8. The lowest BCUT2D eigenvalue weighted by Crippen LogP contribution is -2.08. The molecular formula is C27H30N4O2. The molecule has 0 radical (unpaired) electrons. The van der Waals surface area contributed by atoms with Crippen molar-refractivity contribution >= 4 is 17.2 Å². The molecule has 0 saturated heterocycles. The SMILES string of the molecule is C.O=C(CC1CC1)c1ccc(-c2cnc3c(NCCCO)nc(-c4ccccc4)cn23)cc1. The number of anilines is 1. The minimum absolute atomic E-state index is 0. The molecule has 0 aliphatic heterocycles. The first-order chi connectivity index (χ1) is 15.7. The number of ketones is 1. The minimum atomic E-state index is 0. The fraction of sp³-hybridized carbons (Fsp3) is 0.296. The average Bonchev–Trinajstić information content (AvgIpc) is 3.54. The number of fused-ring (bicyclic) bond motifs is 1. The lowest BCUT2D eigenvalue weighted by Gasteiger charge is -2.11. The van der Waals surface area contributed by atoms with Crippen molar-refractivity contribution < 1.29 is 9.90 Å². The monoisotopic (exact) mass is 442 g/mol. The maximum Gasteiger partial charge on any atom is 0.180 e. The van der Waals surface area contributed by atoms with E-state index in [1.807, 2.05) is 71.4 Å². The highest BCUT2D eigenvalue weighted by atomic mass is 16.3. The summed E-state index contributed by atoms with van der Waals surface area (Å²) in [5, 5.41) is 12.5. The van der Waals surface area contributed by atoms with E-state index in [4.69, 9.17) is 10.1 Å². The van der Waals surface area contributed by atoms with Crippen LogP contribution in [0, 0.1) is 5.92 Å². The number of benzene rings is 2. The highest BCUT2D eigenvalue weighted by Crippen LogP contribution is 2.34. The van der Waals surface area contributed by atoms with E-state index in [0.29, 0.717) is 31.1 Å². The molecule has 1 fully saturated rings. The third-order valence-electron chi connectivity index (χ3n) is 5.86. The molecule has 1 saturated carbocycles. The predicted octanol–water partition coefficient (Wildman–Crippen LogP) is 5.48. The molecule has 2 N–H and O–H groups in total. The van der Waals surface area contributed by atoms with Gasteiger partial charge in [0.2, 0.25) is 0 Å². The number of carbonyl (C=O) groups is 1. The molecule has 0 spiro atoms. The molecule has 0 unspecified atom stereocenters. The zero-order valence-electron chi connectivity index (χ0n) is 17.9. The third kappa shape index (κ3) is 4.96. The number of imidazole rings is 1. The largest absolute Gasteiger partial charge is 0.396 e. The number of Topliss-reactive ketones (excluding diaryl/α,β-unsaturated/α-hetero) is 1. The summed E-state index contributed by atoms with van der Waals surface area (Å²) in [5.41, 5.74) is 5.28. The first kappa shape index (κ1) is 22.7. The van der Waals surface area contributed by atoms with E-state index in [2.05, 4.69) is 10.3 Å². The quantitative estimate of drug-likeness (QED) is 0.265. The summed E-state index contributed by atoms with van der Waals surface area (Å²) in [6.45, 7) is 0.727. The van der Waals surface area contributed by atoms with E-state index in [0.717, 1.165) is 33.7 Å². The molecule has 0 bridgehead atoms. The summed E-state index contributed by atoms with van der Waals surface area (Å²) in [6.07, 6.45) is 7.48. The number of nitrogens with zero attached hydrogens (tertiary/aromatic N) is 3. The Labute approximate surface area is 194 Å². The molecule has 1 aliphatic carbocycles. The van der Waals surface area contributed by atoms with Crippen LogP contribution in [-0.2, 0) is 0 Å². The number of nitrogens with one attached hydrogen (secondary N) is 1. The molecule has 33 heavy (non-hydrogen) atoms. The molecular weight excluding hydrogens is 412 g/mol. The summed E-state index contributed by atoms with van der Waals surface area (Å²) < 4.78 is 2.04. The first-order valence-electron chi connectivity index (χ1n) is 11.1. The molecule has 6 nitrogen and oxygen atoms in total. The molecule has 2 aromatic carbocycles. The van der Waals surface area contributed by atoms with Crippen LogP contribution in [0.25, 0.3) is 28.2 Å². The smallest absolute Gasteiger partial charge is 0.180 e. The van der Waals surface area contributed by atoms with Crippen molar-refractivity contribution in [2.75, 3.05) is 18.5 Å². The van der Waals surface area contributed by atoms with Crippen molar-refractivity contribution in [3.05, 3.63) is 72.6 Å². The van der Waals surface area contributed by atoms with Crippen molar-refractivity contribution in [2.45, 2.75) is 33.1 Å². The number of hydrogen-bond acceptors (Lipinski definition) is 5. The molecule has 2 aromatic heterocycles. The fourth-order valence-electron chi connectivity index (χ4n) is 3.88. The standard InChI is InChI=1S/C26H26N4O2.CH4/c31-14-4-13-27-25-26-28-16-23(30(26)17-22(29-25)19-5-2-1-3-6-19)20-9-11-21(12-10-20)24(32)15-18-7-8-18;/h1-3,5-6,9-12,16-18,31H,4,7-8,13-15H2,(H,27,29);1H4. The zero-order valence-corrected chi connectivity index (χ0v) is 17.9. The van der Waals surface area contributed by atoms with Crippen LogP contribution < -0.4 is 5.32 Å². The number of rotatable bonds is 9. The van der Waals surface area contributed by atoms with Crippen LogP contribution in [0.3, 0.4) is 0 Å². The van der Waals surface area contributed by atoms with E-state index in [9.17, 15) is 4.79 Å². The Hall–Kier alpha value is -3.51. The Morgan fingerprint density at radius 1 is 1.06 bits per heavy atom. The lowest BCUT2D eigenvalue weighted by atomic mass is 10.0. The zero-order chi connectivity index (χ0) is 21.9. The summed E-state index contributed by atoms with van der Waals surface area (Å²) >= 11 is 0. The average molecular weight is 443 g/mol. The first-order valence-corrected chi connectivity index (χ1v) is 11.1. The second kappa shape index (κ2) is 9.96. The van der Waals surface area contributed by atoms with Gasteiger partial charge in [0, 0.05) is 42.5 Å². The van der Waals surface area contributed by atoms with Crippen LogP contribution in [0.1, 0.15) is 43.5 Å². The van der Waals surface area contributed by atoms with Gasteiger partial charge >= 0.3 is 0 Å². The van der Waals surface area contributed by atoms with E-state index >= 15 is 0 Å². The molecule has 0 atom stereocenters. The van der Waals surface area contributed by atoms with Crippen LogP contribution in [0.15, 0.2) is 67.0 Å². The van der Waals surface area contributed by atoms with Crippen molar-refractivity contribution in [3.63, 3.8) is 0 Å². The second-order valence-corrected chi connectivity index (χ2v) is 8.33. The van der Waals surface area contributed by atoms with Gasteiger partial charge in [-0.15, -0.1) is 0 Å². The molecule has 1 aliphatic rings. The molecule has 6 heteroatoms. The lowest BCUT2D eigenvalue weighted by molar-refractivity contribution is 0.0976. The Morgan fingerprint density at radius 2 is 1.82 bits per heavy atom. The predicted molar refractivity (Wildman–Crippen MR) is 132 cm³/mol. The van der Waals surface area contributed by atoms with Crippen LogP contribution in [0.4, 0.5) is 5.82 Å². The van der Waals surface area contributed by atoms with Gasteiger partial charge in [-0.25, -0.2) is 9.97 Å². The van der Waals surface area contributed by atoms with Gasteiger partial charge in [0.15, 0.2) is 17.2 Å². The Balaban J connectivity index is 0.00000259. The fourth-order valence-corrected chi connectivity index (χ4v) is 3.88. The Bertz CT molecular complexity index is 1230. The van der Waals surface area contributed by atoms with E-state index in [1.165, 1.54) is 12.8 Å². The molecule has 4 aromatic rings. The van der Waals surface area contributed by atoms with Gasteiger partial charge in [-0.05, 0) is 25.2 Å². The summed E-state index contributed by atoms with van der Waals surface area (Å²) in [5.74, 6) is 1.49. The molecule has 2 heterocycles. The molecule has 0 amide bonds. The number of aliphatic hydroxyl groups excluding tert-OH is 1. The van der Waals surface area contributed by atoms with Gasteiger partial charge in [0.05, 0.1) is 17.6 Å². The van der Waals surface area contributed by atoms with Gasteiger partial charge in [0.1, 0.15) is 0 Å². The van der Waals surface area contributed by atoms with E-state index in [-0.39, 0.29) is 19.8 Å². The number of aromatic nitrogens is 3. The van der Waals surface area contributed by atoms with Crippen LogP contribution >= 0.6 is 0 Å². The number of hydrogen-bond donors (Lipinski definition) is 2. The highest BCUT2D eigenvalue weighted by molar-refractivity contribution is 5.96. The van der Waals surface area contributed by atoms with Gasteiger partial charge in [0.25, 0.3) is 0 Å². The maximum atomic E-state index is 12.4. The van der Waals surface area contributed by atoms with Crippen molar-refractivity contribution in [1.29, 1.82) is 0 Å². The molecule has 170 valence electrons. The van der Waals surface area contributed by atoms with Gasteiger partial charge in [-0.1, -0.05) is 62.0 Å². The number of carbonyl (C=O) groups excluding carboxylic acids is 1. The van der Waals surface area contributed by atoms with Crippen molar-refractivity contribution in [2.24, 2.45) is 5.92 Å². The van der Waals surface area contributed by atoms with Gasteiger partial charge in [-0.3, -0.25) is 9.20 Å². The number of aliphatic hydroxyl groups is 1. The highest BCUT2D eigenvalue weighted by Gasteiger charge is 2.25. The molecule has 5 rings (SSSR count). The topological polar surface area (TPSA) is 79.5 Å².